The van der Waals surface area contributed by atoms with E-state index >= 15 is 0 Å². The van der Waals surface area contributed by atoms with Gasteiger partial charge in [-0.2, -0.15) is 23.5 Å². The summed E-state index contributed by atoms with van der Waals surface area (Å²) in [5.74, 6) is -2.15. The van der Waals surface area contributed by atoms with Gasteiger partial charge in [0.2, 0.25) is 5.75 Å². The average Bonchev–Trinajstić information content (AvgIpc) is 2.81. The van der Waals surface area contributed by atoms with E-state index in [0.29, 0.717) is 6.33 Å². The summed E-state index contributed by atoms with van der Waals surface area (Å²) in [5, 5.41) is 13.1. The minimum atomic E-state index is -5.04. The molecule has 0 aliphatic rings. The number of esters is 1. The van der Waals surface area contributed by atoms with Gasteiger partial charge in [-0.15, -0.1) is 0 Å². The molecule has 0 N–H and O–H groups in total. The van der Waals surface area contributed by atoms with Crippen LogP contribution < -0.4 is 15.9 Å². The first kappa shape index (κ1) is 26.2. The lowest BCUT2D eigenvalue weighted by molar-refractivity contribution is -0.142. The van der Waals surface area contributed by atoms with Crippen LogP contribution in [0.3, 0.4) is 0 Å². The highest BCUT2D eigenvalue weighted by Gasteiger charge is 2.38. The third-order valence-corrected chi connectivity index (χ3v) is 4.78. The Morgan fingerprint density at radius 3 is 2.58 bits per heavy atom. The Morgan fingerprint density at radius 2 is 1.94 bits per heavy atom. The van der Waals surface area contributed by atoms with Gasteiger partial charge in [0.1, 0.15) is 5.75 Å². The molecule has 0 aliphatic heterocycles. The Labute approximate surface area is 205 Å². The summed E-state index contributed by atoms with van der Waals surface area (Å²) in [4.78, 5) is 40.0. The fraction of sp³-hybridized carbons (Fsp3) is 0.182. The fourth-order valence-corrected chi connectivity index (χ4v) is 3.20. The lowest BCUT2D eigenvalue weighted by Gasteiger charge is -2.15. The van der Waals surface area contributed by atoms with Crippen LogP contribution in [0.4, 0.5) is 13.2 Å². The van der Waals surface area contributed by atoms with E-state index in [0.717, 1.165) is 34.6 Å². The number of halogens is 4. The van der Waals surface area contributed by atoms with Crippen molar-refractivity contribution in [1.82, 2.24) is 19.3 Å². The zero-order chi connectivity index (χ0) is 26.6. The van der Waals surface area contributed by atoms with Crippen molar-refractivity contribution in [2.75, 3.05) is 7.11 Å². The molecule has 2 heterocycles. The second-order valence-electron chi connectivity index (χ2n) is 7.12. The first-order valence-corrected chi connectivity index (χ1v) is 10.2. The van der Waals surface area contributed by atoms with Crippen molar-refractivity contribution in [2.45, 2.75) is 12.7 Å². The predicted molar refractivity (Wildman–Crippen MR) is 119 cm³/mol. The highest BCUT2D eigenvalue weighted by molar-refractivity contribution is 6.30. The van der Waals surface area contributed by atoms with Crippen molar-refractivity contribution in [2.24, 2.45) is 7.05 Å². The van der Waals surface area contributed by atoms with Crippen molar-refractivity contribution in [3.05, 3.63) is 84.9 Å². The Bertz CT molecular complexity index is 1520. The summed E-state index contributed by atoms with van der Waals surface area (Å²) in [5.41, 5.74) is -3.27. The van der Waals surface area contributed by atoms with Crippen molar-refractivity contribution in [3.63, 3.8) is 0 Å². The number of hydrogen-bond acceptors (Lipinski definition) is 8. The molecule has 0 spiro atoms. The summed E-state index contributed by atoms with van der Waals surface area (Å²) < 4.78 is 52.2. The zero-order valence-corrected chi connectivity index (χ0v) is 19.3. The van der Waals surface area contributed by atoms with Gasteiger partial charge in [-0.1, -0.05) is 11.6 Å². The monoisotopic (exact) mass is 521 g/mol. The number of ether oxygens (including phenoxy) is 2. The molecule has 186 valence electrons. The number of nitriles is 1. The van der Waals surface area contributed by atoms with E-state index < -0.39 is 41.3 Å². The SMILES string of the molecule is COC(=O)/C=C/c1cc(Cn2cnc(C(F)(F)F)c(Oc3cc(Cl)cc(C#N)c3)c2=O)nn(C)c1=O. The van der Waals surface area contributed by atoms with Crippen LogP contribution in [0.25, 0.3) is 6.08 Å². The number of carbonyl (C=O) groups is 1. The molecular formula is C22H15ClF3N5O5. The van der Waals surface area contributed by atoms with E-state index in [9.17, 15) is 27.6 Å². The molecule has 0 amide bonds. The molecule has 3 rings (SSSR count). The molecule has 3 aromatic rings. The molecule has 0 fully saturated rings. The molecule has 0 unspecified atom stereocenters. The Kier molecular flexibility index (Phi) is 7.59. The summed E-state index contributed by atoms with van der Waals surface area (Å²) in [6.07, 6.45) is -2.20. The van der Waals surface area contributed by atoms with Gasteiger partial charge in [-0.25, -0.2) is 14.5 Å². The van der Waals surface area contributed by atoms with E-state index in [2.05, 4.69) is 14.8 Å². The van der Waals surface area contributed by atoms with Gasteiger partial charge >= 0.3 is 12.1 Å². The van der Waals surface area contributed by atoms with Crippen molar-refractivity contribution in [3.8, 4) is 17.6 Å². The van der Waals surface area contributed by atoms with Crippen molar-refractivity contribution in [1.29, 1.82) is 5.26 Å². The first-order valence-electron chi connectivity index (χ1n) is 9.81. The topological polar surface area (TPSA) is 129 Å². The molecule has 14 heteroatoms. The van der Waals surface area contributed by atoms with Gasteiger partial charge in [0.05, 0.1) is 37.3 Å². The summed E-state index contributed by atoms with van der Waals surface area (Å²) in [6, 6.07) is 6.53. The van der Waals surface area contributed by atoms with Crippen LogP contribution in [0, 0.1) is 11.3 Å². The van der Waals surface area contributed by atoms with Crippen LogP contribution in [-0.4, -0.2) is 32.4 Å². The minimum absolute atomic E-state index is 0.00258. The van der Waals surface area contributed by atoms with E-state index in [-0.39, 0.29) is 27.6 Å². The first-order chi connectivity index (χ1) is 16.9. The van der Waals surface area contributed by atoms with Crippen molar-refractivity contribution >= 4 is 23.6 Å². The number of aromatic nitrogens is 4. The Morgan fingerprint density at radius 1 is 1.22 bits per heavy atom. The molecule has 0 aliphatic carbocycles. The third kappa shape index (κ3) is 5.97. The molecular weight excluding hydrogens is 507 g/mol. The quantitative estimate of drug-likeness (QED) is 0.357. The Balaban J connectivity index is 2.08. The second kappa shape index (κ2) is 10.4. The number of alkyl halides is 3. The summed E-state index contributed by atoms with van der Waals surface area (Å²) >= 11 is 5.88. The van der Waals surface area contributed by atoms with Gasteiger partial charge in [-0.3, -0.25) is 14.2 Å². The minimum Gasteiger partial charge on any atom is -0.466 e. The highest BCUT2D eigenvalue weighted by Crippen LogP contribution is 2.35. The van der Waals surface area contributed by atoms with Gasteiger partial charge < -0.3 is 9.47 Å². The van der Waals surface area contributed by atoms with Gasteiger partial charge in [0.25, 0.3) is 11.1 Å². The lowest BCUT2D eigenvalue weighted by Crippen LogP contribution is -2.29. The van der Waals surface area contributed by atoms with Gasteiger partial charge in [0, 0.05) is 23.7 Å². The molecule has 0 bridgehead atoms. The van der Waals surface area contributed by atoms with E-state index in [1.165, 1.54) is 25.3 Å². The van der Waals surface area contributed by atoms with Crippen LogP contribution in [0.1, 0.15) is 22.5 Å². The average molecular weight is 522 g/mol. The fourth-order valence-electron chi connectivity index (χ4n) is 2.97. The molecule has 0 saturated carbocycles. The van der Waals surface area contributed by atoms with Crippen LogP contribution in [0.2, 0.25) is 5.02 Å². The van der Waals surface area contributed by atoms with E-state index in [1.54, 1.807) is 6.07 Å². The number of aryl methyl sites for hydroxylation is 1. The lowest BCUT2D eigenvalue weighted by atomic mass is 10.2. The molecule has 36 heavy (non-hydrogen) atoms. The number of methoxy groups -OCH3 is 1. The number of carbonyl (C=O) groups excluding carboxylic acids is 1. The maximum Gasteiger partial charge on any atom is 0.437 e. The highest BCUT2D eigenvalue weighted by atomic mass is 35.5. The molecule has 0 radical (unpaired) electrons. The van der Waals surface area contributed by atoms with E-state index in [4.69, 9.17) is 21.6 Å². The summed E-state index contributed by atoms with van der Waals surface area (Å²) in [6.45, 7) is -0.396. The molecule has 0 saturated heterocycles. The molecule has 1 aromatic carbocycles. The van der Waals surface area contributed by atoms with Crippen LogP contribution >= 0.6 is 11.6 Å². The summed E-state index contributed by atoms with van der Waals surface area (Å²) in [7, 11) is 2.46. The Hall–Kier alpha value is -4.44. The number of nitrogens with zero attached hydrogens (tertiary/aromatic N) is 5. The van der Waals surface area contributed by atoms with Crippen molar-refractivity contribution < 1.29 is 27.4 Å². The van der Waals surface area contributed by atoms with Gasteiger partial charge in [-0.05, 0) is 30.3 Å². The largest absolute Gasteiger partial charge is 0.466 e. The smallest absolute Gasteiger partial charge is 0.437 e. The number of rotatable bonds is 6. The van der Waals surface area contributed by atoms with Crippen LogP contribution in [0.15, 0.2) is 46.3 Å². The third-order valence-electron chi connectivity index (χ3n) is 4.56. The molecule has 2 aromatic heterocycles. The number of hydrogen-bond donors (Lipinski definition) is 0. The predicted octanol–water partition coefficient (Wildman–Crippen LogP) is 2.91. The second-order valence-corrected chi connectivity index (χ2v) is 7.56. The van der Waals surface area contributed by atoms with Gasteiger partial charge in [0.15, 0.2) is 5.69 Å². The molecule has 10 nitrogen and oxygen atoms in total. The van der Waals surface area contributed by atoms with Crippen LogP contribution in [0.5, 0.6) is 11.5 Å². The maximum atomic E-state index is 13.6. The molecule has 0 atom stereocenters. The normalized spacial score (nSPS) is 11.4. The standard InChI is InChI=1S/C22H15ClF3N5O5/c1-30-20(33)13(3-4-17(32)35-2)7-15(29-30)10-31-11-28-19(22(24,25)26)18(21(31)34)36-16-6-12(9-27)5-14(23)8-16/h3-8,11H,10H2,1-2H3/b4-3+. The van der Waals surface area contributed by atoms with E-state index in [1.807, 2.05) is 0 Å². The maximum absolute atomic E-state index is 13.6. The number of benzene rings is 1. The van der Waals surface area contributed by atoms with Crippen LogP contribution in [-0.2, 0) is 29.3 Å². The zero-order valence-electron chi connectivity index (χ0n) is 18.5.